The van der Waals surface area contributed by atoms with E-state index in [2.05, 4.69) is 5.32 Å². The van der Waals surface area contributed by atoms with Gasteiger partial charge in [0.15, 0.2) is 0 Å². The SMILES string of the molecule is Cc1ccc(NC(=O)CN(C)C(=O)CCCOc2ccc(C)cc2)cc1. The Morgan fingerprint density at radius 2 is 1.54 bits per heavy atom. The van der Waals surface area contributed by atoms with E-state index in [0.717, 1.165) is 17.0 Å². The maximum absolute atomic E-state index is 12.1. The zero-order chi connectivity index (χ0) is 18.9. The van der Waals surface area contributed by atoms with Crippen LogP contribution in [0.4, 0.5) is 5.69 Å². The van der Waals surface area contributed by atoms with Crippen LogP contribution in [-0.4, -0.2) is 36.9 Å². The smallest absolute Gasteiger partial charge is 0.243 e. The van der Waals surface area contributed by atoms with Crippen LogP contribution in [0.2, 0.25) is 0 Å². The molecule has 2 aromatic carbocycles. The Morgan fingerprint density at radius 3 is 2.15 bits per heavy atom. The first-order chi connectivity index (χ1) is 12.4. The molecular weight excluding hydrogens is 328 g/mol. The summed E-state index contributed by atoms with van der Waals surface area (Å²) in [5.74, 6) is 0.519. The highest BCUT2D eigenvalue weighted by Crippen LogP contribution is 2.12. The van der Waals surface area contributed by atoms with Crippen LogP contribution < -0.4 is 10.1 Å². The highest BCUT2D eigenvalue weighted by molar-refractivity contribution is 5.94. The van der Waals surface area contributed by atoms with E-state index in [1.54, 1.807) is 7.05 Å². The van der Waals surface area contributed by atoms with Gasteiger partial charge < -0.3 is 15.0 Å². The van der Waals surface area contributed by atoms with Crippen LogP contribution in [0, 0.1) is 13.8 Å². The van der Waals surface area contributed by atoms with Gasteiger partial charge in [-0.2, -0.15) is 0 Å². The molecule has 5 heteroatoms. The molecule has 2 aromatic rings. The topological polar surface area (TPSA) is 58.6 Å². The number of aryl methyl sites for hydroxylation is 2. The number of nitrogens with one attached hydrogen (secondary N) is 1. The Hall–Kier alpha value is -2.82. The highest BCUT2D eigenvalue weighted by atomic mass is 16.5. The second kappa shape index (κ2) is 9.61. The second-order valence-corrected chi connectivity index (χ2v) is 6.43. The number of benzene rings is 2. The van der Waals surface area contributed by atoms with Crippen molar-refractivity contribution in [3.8, 4) is 5.75 Å². The van der Waals surface area contributed by atoms with Gasteiger partial charge in [0.25, 0.3) is 0 Å². The first-order valence-corrected chi connectivity index (χ1v) is 8.74. The van der Waals surface area contributed by atoms with E-state index in [4.69, 9.17) is 4.74 Å². The number of hydrogen-bond acceptors (Lipinski definition) is 3. The molecule has 0 aliphatic carbocycles. The Morgan fingerprint density at radius 1 is 0.962 bits per heavy atom. The number of ether oxygens (including phenoxy) is 1. The third-order valence-corrected chi connectivity index (χ3v) is 3.97. The normalized spacial score (nSPS) is 10.3. The van der Waals surface area contributed by atoms with Crippen LogP contribution in [0.1, 0.15) is 24.0 Å². The first-order valence-electron chi connectivity index (χ1n) is 8.74. The lowest BCUT2D eigenvalue weighted by atomic mass is 10.2. The zero-order valence-electron chi connectivity index (χ0n) is 15.6. The van der Waals surface area contributed by atoms with Crippen LogP contribution >= 0.6 is 0 Å². The molecule has 0 fully saturated rings. The fourth-order valence-electron chi connectivity index (χ4n) is 2.38. The van der Waals surface area contributed by atoms with Gasteiger partial charge in [-0.15, -0.1) is 0 Å². The van der Waals surface area contributed by atoms with Crippen molar-refractivity contribution in [2.45, 2.75) is 26.7 Å². The Labute approximate surface area is 155 Å². The summed E-state index contributed by atoms with van der Waals surface area (Å²) in [6.07, 6.45) is 0.955. The minimum Gasteiger partial charge on any atom is -0.494 e. The third kappa shape index (κ3) is 6.59. The van der Waals surface area contributed by atoms with Crippen LogP contribution in [-0.2, 0) is 9.59 Å². The molecule has 0 aliphatic rings. The van der Waals surface area contributed by atoms with E-state index in [0.29, 0.717) is 19.4 Å². The summed E-state index contributed by atoms with van der Waals surface area (Å²) in [5.41, 5.74) is 3.04. The van der Waals surface area contributed by atoms with E-state index < -0.39 is 0 Å². The summed E-state index contributed by atoms with van der Waals surface area (Å²) in [5, 5.41) is 2.79. The van der Waals surface area contributed by atoms with Gasteiger partial charge in [0.05, 0.1) is 13.2 Å². The van der Waals surface area contributed by atoms with Gasteiger partial charge in [-0.25, -0.2) is 0 Å². The van der Waals surface area contributed by atoms with E-state index in [9.17, 15) is 9.59 Å². The summed E-state index contributed by atoms with van der Waals surface area (Å²) >= 11 is 0. The minimum atomic E-state index is -0.208. The van der Waals surface area contributed by atoms with Gasteiger partial charge in [-0.1, -0.05) is 35.4 Å². The predicted octanol–water partition coefficient (Wildman–Crippen LogP) is 3.56. The molecule has 26 heavy (non-hydrogen) atoms. The molecule has 0 bridgehead atoms. The van der Waals surface area contributed by atoms with Gasteiger partial charge in [0.1, 0.15) is 5.75 Å². The first kappa shape index (κ1) is 19.5. The van der Waals surface area contributed by atoms with Gasteiger partial charge in [0.2, 0.25) is 11.8 Å². The van der Waals surface area contributed by atoms with Crippen molar-refractivity contribution in [1.29, 1.82) is 0 Å². The minimum absolute atomic E-state index is 0.0333. The van der Waals surface area contributed by atoms with Crippen molar-refractivity contribution in [2.24, 2.45) is 0 Å². The molecule has 1 N–H and O–H groups in total. The fraction of sp³-hybridized carbons (Fsp3) is 0.333. The average Bonchev–Trinajstić information content (AvgIpc) is 2.62. The lowest BCUT2D eigenvalue weighted by molar-refractivity contribution is -0.133. The molecule has 0 aromatic heterocycles. The number of carbonyl (C=O) groups excluding carboxylic acids is 2. The average molecular weight is 354 g/mol. The summed E-state index contributed by atoms with van der Waals surface area (Å²) in [6.45, 7) is 4.51. The van der Waals surface area contributed by atoms with Crippen molar-refractivity contribution in [2.75, 3.05) is 25.5 Å². The highest BCUT2D eigenvalue weighted by Gasteiger charge is 2.13. The maximum atomic E-state index is 12.1. The van der Waals surface area contributed by atoms with Gasteiger partial charge in [-0.05, 0) is 44.5 Å². The van der Waals surface area contributed by atoms with Crippen molar-refractivity contribution in [3.63, 3.8) is 0 Å². The van der Waals surface area contributed by atoms with Crippen molar-refractivity contribution < 1.29 is 14.3 Å². The maximum Gasteiger partial charge on any atom is 0.243 e. The lowest BCUT2D eigenvalue weighted by Gasteiger charge is -2.17. The number of anilines is 1. The molecule has 0 unspecified atom stereocenters. The quantitative estimate of drug-likeness (QED) is 0.738. The van der Waals surface area contributed by atoms with E-state index in [1.807, 2.05) is 62.4 Å². The molecule has 138 valence electrons. The molecule has 0 saturated heterocycles. The number of rotatable bonds is 8. The monoisotopic (exact) mass is 354 g/mol. The van der Waals surface area contributed by atoms with E-state index >= 15 is 0 Å². The molecule has 0 heterocycles. The largest absolute Gasteiger partial charge is 0.494 e. The van der Waals surface area contributed by atoms with Crippen molar-refractivity contribution >= 4 is 17.5 Å². The number of likely N-dealkylation sites (N-methyl/N-ethyl adjacent to an activating group) is 1. The molecule has 0 aliphatic heterocycles. The molecular formula is C21H26N2O3. The van der Waals surface area contributed by atoms with E-state index in [1.165, 1.54) is 10.5 Å². The zero-order valence-corrected chi connectivity index (χ0v) is 15.6. The van der Waals surface area contributed by atoms with Gasteiger partial charge in [0, 0.05) is 19.2 Å². The number of amides is 2. The number of nitrogens with zero attached hydrogens (tertiary/aromatic N) is 1. The van der Waals surface area contributed by atoms with Crippen LogP contribution in [0.15, 0.2) is 48.5 Å². The summed E-state index contributed by atoms with van der Waals surface area (Å²) in [4.78, 5) is 25.6. The van der Waals surface area contributed by atoms with Crippen LogP contribution in [0.3, 0.4) is 0 Å². The van der Waals surface area contributed by atoms with Crippen LogP contribution in [0.25, 0.3) is 0 Å². The number of carbonyl (C=O) groups is 2. The summed E-state index contributed by atoms with van der Waals surface area (Å²) in [6, 6.07) is 15.4. The van der Waals surface area contributed by atoms with Gasteiger partial charge >= 0.3 is 0 Å². The Kier molecular flexibility index (Phi) is 7.21. The fourth-order valence-corrected chi connectivity index (χ4v) is 2.38. The standard InChI is InChI=1S/C21H26N2O3/c1-16-6-10-18(11-7-16)22-20(24)15-23(3)21(25)5-4-14-26-19-12-8-17(2)9-13-19/h6-13H,4-5,14-15H2,1-3H3,(H,22,24). The van der Waals surface area contributed by atoms with E-state index in [-0.39, 0.29) is 18.4 Å². The third-order valence-electron chi connectivity index (χ3n) is 3.97. The number of hydrogen-bond donors (Lipinski definition) is 1. The molecule has 0 saturated carbocycles. The summed E-state index contributed by atoms with van der Waals surface area (Å²) < 4.78 is 5.61. The lowest BCUT2D eigenvalue weighted by Crippen LogP contribution is -2.34. The van der Waals surface area contributed by atoms with Crippen molar-refractivity contribution in [1.82, 2.24) is 4.90 Å². The molecule has 5 nitrogen and oxygen atoms in total. The second-order valence-electron chi connectivity index (χ2n) is 6.43. The predicted molar refractivity (Wildman–Crippen MR) is 103 cm³/mol. The summed E-state index contributed by atoms with van der Waals surface area (Å²) in [7, 11) is 1.64. The Bertz CT molecular complexity index is 724. The van der Waals surface area contributed by atoms with Gasteiger partial charge in [-0.3, -0.25) is 9.59 Å². The molecule has 0 atom stereocenters. The molecule has 0 radical (unpaired) electrons. The van der Waals surface area contributed by atoms with Crippen molar-refractivity contribution in [3.05, 3.63) is 59.7 Å². The Balaban J connectivity index is 1.67. The molecule has 2 rings (SSSR count). The van der Waals surface area contributed by atoms with Crippen LogP contribution in [0.5, 0.6) is 5.75 Å². The molecule has 0 spiro atoms. The molecule has 2 amide bonds.